The molecular formula is C14H18N2OS. The van der Waals surface area contributed by atoms with Gasteiger partial charge in [-0.1, -0.05) is 11.8 Å². The molecule has 1 saturated heterocycles. The molecule has 1 fully saturated rings. The van der Waals surface area contributed by atoms with Crippen molar-refractivity contribution in [1.29, 1.82) is 0 Å². The van der Waals surface area contributed by atoms with E-state index in [4.69, 9.17) is 5.73 Å². The molecular weight excluding hydrogens is 244 g/mol. The van der Waals surface area contributed by atoms with E-state index < -0.39 is 0 Å². The first-order valence-electron chi connectivity index (χ1n) is 6.31. The van der Waals surface area contributed by atoms with Crippen molar-refractivity contribution in [2.45, 2.75) is 32.2 Å². The number of nitrogens with two attached hydrogens (primary N) is 1. The Morgan fingerprint density at radius 2 is 2.44 bits per heavy atom. The average Bonchev–Trinajstić information content (AvgIpc) is 2.84. The van der Waals surface area contributed by atoms with Gasteiger partial charge in [0.05, 0.1) is 6.54 Å². The average molecular weight is 262 g/mol. The lowest BCUT2D eigenvalue weighted by molar-refractivity contribution is 0.0640. The first kappa shape index (κ1) is 13.1. The van der Waals surface area contributed by atoms with E-state index in [9.17, 15) is 4.79 Å². The topological polar surface area (TPSA) is 46.3 Å². The van der Waals surface area contributed by atoms with Crippen LogP contribution < -0.4 is 5.73 Å². The molecule has 0 aliphatic carbocycles. The van der Waals surface area contributed by atoms with Crippen LogP contribution in [-0.4, -0.2) is 29.9 Å². The van der Waals surface area contributed by atoms with Gasteiger partial charge in [-0.2, -0.15) is 0 Å². The standard InChI is InChI=1S/C14H18N2OS/c1-11-5-2-3-9-16(11)14(17)13-12(6-4-8-15)7-10-18-13/h7,10-11H,2-3,5,8-9,15H2,1H3. The van der Waals surface area contributed by atoms with E-state index in [2.05, 4.69) is 18.8 Å². The molecule has 2 N–H and O–H groups in total. The molecule has 0 radical (unpaired) electrons. The SMILES string of the molecule is CC1CCCCN1C(=O)c1sccc1C#CCN. The zero-order valence-corrected chi connectivity index (χ0v) is 11.4. The molecule has 1 aromatic heterocycles. The van der Waals surface area contributed by atoms with Gasteiger partial charge in [-0.05, 0) is 37.6 Å². The predicted octanol–water partition coefficient (Wildman–Crippen LogP) is 2.07. The summed E-state index contributed by atoms with van der Waals surface area (Å²) >= 11 is 1.47. The number of hydrogen-bond donors (Lipinski definition) is 1. The minimum Gasteiger partial charge on any atom is -0.335 e. The number of rotatable bonds is 1. The first-order valence-corrected chi connectivity index (χ1v) is 7.19. The van der Waals surface area contributed by atoms with Crippen LogP contribution in [-0.2, 0) is 0 Å². The van der Waals surface area contributed by atoms with Gasteiger partial charge in [0.25, 0.3) is 5.91 Å². The molecule has 0 spiro atoms. The van der Waals surface area contributed by atoms with Crippen LogP contribution in [0.15, 0.2) is 11.4 Å². The zero-order chi connectivity index (χ0) is 13.0. The minimum atomic E-state index is 0.124. The molecule has 1 unspecified atom stereocenters. The summed E-state index contributed by atoms with van der Waals surface area (Å²) in [5.74, 6) is 5.91. The Morgan fingerprint density at radius 1 is 1.61 bits per heavy atom. The van der Waals surface area contributed by atoms with Gasteiger partial charge in [-0.3, -0.25) is 4.79 Å². The normalized spacial score (nSPS) is 19.2. The highest BCUT2D eigenvalue weighted by molar-refractivity contribution is 7.12. The highest BCUT2D eigenvalue weighted by atomic mass is 32.1. The fourth-order valence-electron chi connectivity index (χ4n) is 2.25. The van der Waals surface area contributed by atoms with Crippen LogP contribution in [0.4, 0.5) is 0 Å². The summed E-state index contributed by atoms with van der Waals surface area (Å²) < 4.78 is 0. The Hall–Kier alpha value is -1.31. The maximum atomic E-state index is 12.5. The Balaban J connectivity index is 2.20. The van der Waals surface area contributed by atoms with E-state index in [1.165, 1.54) is 17.8 Å². The van der Waals surface area contributed by atoms with Crippen LogP contribution in [0.2, 0.25) is 0 Å². The lowest BCUT2D eigenvalue weighted by atomic mass is 10.0. The van der Waals surface area contributed by atoms with Gasteiger partial charge in [0, 0.05) is 18.2 Å². The van der Waals surface area contributed by atoms with Crippen LogP contribution in [0.3, 0.4) is 0 Å². The summed E-state index contributed by atoms with van der Waals surface area (Å²) in [4.78, 5) is 15.2. The zero-order valence-electron chi connectivity index (χ0n) is 10.6. The third-order valence-corrected chi connectivity index (χ3v) is 4.15. The van der Waals surface area contributed by atoms with E-state index in [-0.39, 0.29) is 5.91 Å². The maximum absolute atomic E-state index is 12.5. The van der Waals surface area contributed by atoms with Crippen LogP contribution >= 0.6 is 11.3 Å². The van der Waals surface area contributed by atoms with Crippen molar-refractivity contribution in [2.24, 2.45) is 5.73 Å². The van der Waals surface area contributed by atoms with E-state index in [0.29, 0.717) is 12.6 Å². The van der Waals surface area contributed by atoms with E-state index in [1.54, 1.807) is 0 Å². The smallest absolute Gasteiger partial charge is 0.265 e. The van der Waals surface area contributed by atoms with Gasteiger partial charge in [0.1, 0.15) is 4.88 Å². The maximum Gasteiger partial charge on any atom is 0.265 e. The predicted molar refractivity (Wildman–Crippen MR) is 74.6 cm³/mol. The second-order valence-electron chi connectivity index (χ2n) is 4.51. The number of thiophene rings is 1. The van der Waals surface area contributed by atoms with Crippen molar-refractivity contribution in [3.63, 3.8) is 0 Å². The molecule has 18 heavy (non-hydrogen) atoms. The number of likely N-dealkylation sites (tertiary alicyclic amines) is 1. The molecule has 1 aliphatic rings. The second-order valence-corrected chi connectivity index (χ2v) is 5.43. The highest BCUT2D eigenvalue weighted by Crippen LogP contribution is 2.23. The number of hydrogen-bond acceptors (Lipinski definition) is 3. The highest BCUT2D eigenvalue weighted by Gasteiger charge is 2.26. The molecule has 0 bridgehead atoms. The quantitative estimate of drug-likeness (QED) is 0.788. The molecule has 0 saturated carbocycles. The molecule has 4 heteroatoms. The molecule has 1 amide bonds. The van der Waals surface area contributed by atoms with Crippen molar-refractivity contribution in [3.8, 4) is 11.8 Å². The fraction of sp³-hybridized carbons (Fsp3) is 0.500. The van der Waals surface area contributed by atoms with E-state index >= 15 is 0 Å². The number of nitrogens with zero attached hydrogens (tertiary/aromatic N) is 1. The third kappa shape index (κ3) is 2.74. The summed E-state index contributed by atoms with van der Waals surface area (Å²) in [7, 11) is 0. The van der Waals surface area contributed by atoms with Gasteiger partial charge in [0.15, 0.2) is 0 Å². The summed E-state index contributed by atoms with van der Waals surface area (Å²) in [5.41, 5.74) is 6.18. The van der Waals surface area contributed by atoms with Crippen LogP contribution in [0, 0.1) is 11.8 Å². The van der Waals surface area contributed by atoms with Crippen molar-refractivity contribution in [1.82, 2.24) is 4.90 Å². The number of carbonyl (C=O) groups is 1. The minimum absolute atomic E-state index is 0.124. The lowest BCUT2D eigenvalue weighted by Gasteiger charge is -2.33. The summed E-state index contributed by atoms with van der Waals surface area (Å²) in [5, 5.41) is 1.92. The summed E-state index contributed by atoms with van der Waals surface area (Å²) in [6.07, 6.45) is 3.42. The largest absolute Gasteiger partial charge is 0.335 e. The summed E-state index contributed by atoms with van der Waals surface area (Å²) in [6, 6.07) is 2.23. The Bertz CT molecular complexity index is 483. The second kappa shape index (κ2) is 6.03. The summed E-state index contributed by atoms with van der Waals surface area (Å²) in [6.45, 7) is 3.31. The Kier molecular flexibility index (Phi) is 4.40. The van der Waals surface area contributed by atoms with Crippen LogP contribution in [0.25, 0.3) is 0 Å². The molecule has 1 aromatic rings. The fourth-order valence-corrected chi connectivity index (χ4v) is 3.05. The van der Waals surface area contributed by atoms with Gasteiger partial charge in [-0.15, -0.1) is 11.3 Å². The van der Waals surface area contributed by atoms with Crippen molar-refractivity contribution >= 4 is 17.2 Å². The molecule has 0 aromatic carbocycles. The van der Waals surface area contributed by atoms with Gasteiger partial charge < -0.3 is 10.6 Å². The van der Waals surface area contributed by atoms with Crippen molar-refractivity contribution in [3.05, 3.63) is 21.9 Å². The molecule has 3 nitrogen and oxygen atoms in total. The van der Waals surface area contributed by atoms with E-state index in [1.807, 2.05) is 16.3 Å². The number of piperidine rings is 1. The van der Waals surface area contributed by atoms with Crippen molar-refractivity contribution in [2.75, 3.05) is 13.1 Å². The van der Waals surface area contributed by atoms with Crippen LogP contribution in [0.5, 0.6) is 0 Å². The molecule has 1 aliphatic heterocycles. The van der Waals surface area contributed by atoms with Gasteiger partial charge >= 0.3 is 0 Å². The van der Waals surface area contributed by atoms with E-state index in [0.717, 1.165) is 29.8 Å². The molecule has 2 rings (SSSR count). The first-order chi connectivity index (χ1) is 8.74. The van der Waals surface area contributed by atoms with Crippen LogP contribution in [0.1, 0.15) is 41.4 Å². The van der Waals surface area contributed by atoms with Gasteiger partial charge in [-0.25, -0.2) is 0 Å². The Morgan fingerprint density at radius 3 is 3.17 bits per heavy atom. The monoisotopic (exact) mass is 262 g/mol. The van der Waals surface area contributed by atoms with Crippen molar-refractivity contribution < 1.29 is 4.79 Å². The lowest BCUT2D eigenvalue weighted by Crippen LogP contribution is -2.41. The number of carbonyl (C=O) groups excluding carboxylic acids is 1. The Labute approximate surface area is 112 Å². The van der Waals surface area contributed by atoms with Gasteiger partial charge in [0.2, 0.25) is 0 Å². The molecule has 1 atom stereocenters. The molecule has 96 valence electrons. The third-order valence-electron chi connectivity index (χ3n) is 3.25. The number of amides is 1. The molecule has 2 heterocycles.